The summed E-state index contributed by atoms with van der Waals surface area (Å²) in [7, 11) is 0. The molecule has 5 rings (SSSR count). The number of carbonyl (C=O) groups excluding carboxylic acids is 1. The summed E-state index contributed by atoms with van der Waals surface area (Å²) in [5.41, 5.74) is 4.27. The molecule has 0 atom stereocenters. The maximum Gasteiger partial charge on any atom is 0.246 e. The lowest BCUT2D eigenvalue weighted by atomic mass is 9.90. The first-order chi connectivity index (χ1) is 16.7. The second-order valence-electron chi connectivity index (χ2n) is 8.97. The SMILES string of the molecule is O=C(/C=C/c1cc2c(cc1-c1ccccc1)OCO2)N1CCC(CCc2ccc(O)cc2)CC1. The van der Waals surface area contributed by atoms with E-state index in [0.29, 0.717) is 17.4 Å². The number of ether oxygens (including phenoxy) is 2. The lowest BCUT2D eigenvalue weighted by molar-refractivity contribution is -0.127. The predicted molar refractivity (Wildman–Crippen MR) is 133 cm³/mol. The van der Waals surface area contributed by atoms with Crippen LogP contribution in [-0.4, -0.2) is 35.8 Å². The van der Waals surface area contributed by atoms with E-state index in [1.165, 1.54) is 5.56 Å². The molecule has 5 heteroatoms. The summed E-state index contributed by atoms with van der Waals surface area (Å²) in [5, 5.41) is 9.43. The summed E-state index contributed by atoms with van der Waals surface area (Å²) in [6.07, 6.45) is 7.74. The molecule has 0 aromatic heterocycles. The van der Waals surface area contributed by atoms with Crippen molar-refractivity contribution in [2.45, 2.75) is 25.7 Å². The topological polar surface area (TPSA) is 59.0 Å². The van der Waals surface area contributed by atoms with Gasteiger partial charge in [0.15, 0.2) is 11.5 Å². The van der Waals surface area contributed by atoms with Crippen molar-refractivity contribution in [1.82, 2.24) is 4.90 Å². The molecule has 0 spiro atoms. The van der Waals surface area contributed by atoms with Gasteiger partial charge in [-0.05, 0) is 84.2 Å². The van der Waals surface area contributed by atoms with Gasteiger partial charge in [0.25, 0.3) is 0 Å². The summed E-state index contributed by atoms with van der Waals surface area (Å²) in [6.45, 7) is 1.80. The van der Waals surface area contributed by atoms with E-state index in [-0.39, 0.29) is 12.7 Å². The van der Waals surface area contributed by atoms with Crippen molar-refractivity contribution in [3.8, 4) is 28.4 Å². The quantitative estimate of drug-likeness (QED) is 0.487. The van der Waals surface area contributed by atoms with Crippen LogP contribution in [0.3, 0.4) is 0 Å². The first kappa shape index (κ1) is 22.1. The molecule has 1 saturated heterocycles. The highest BCUT2D eigenvalue weighted by Gasteiger charge is 2.22. The fourth-order valence-electron chi connectivity index (χ4n) is 4.71. The summed E-state index contributed by atoms with van der Waals surface area (Å²) in [6, 6.07) is 21.5. The molecule has 5 nitrogen and oxygen atoms in total. The number of nitrogens with zero attached hydrogens (tertiary/aromatic N) is 1. The standard InChI is InChI=1S/C29H29NO4/c31-25-11-8-21(9-12-25)6-7-22-14-16-30(17-15-22)29(32)13-10-24-18-27-28(34-20-33-27)19-26(24)23-4-2-1-3-5-23/h1-5,8-13,18-19,22,31H,6-7,14-17,20H2/b13-10+. The molecule has 34 heavy (non-hydrogen) atoms. The molecule has 1 amide bonds. The van der Waals surface area contributed by atoms with Gasteiger partial charge in [0, 0.05) is 19.2 Å². The Balaban J connectivity index is 1.21. The van der Waals surface area contributed by atoms with Gasteiger partial charge in [-0.15, -0.1) is 0 Å². The van der Waals surface area contributed by atoms with Gasteiger partial charge >= 0.3 is 0 Å². The van der Waals surface area contributed by atoms with E-state index in [0.717, 1.165) is 61.2 Å². The average molecular weight is 456 g/mol. The average Bonchev–Trinajstić information content (AvgIpc) is 3.35. The largest absolute Gasteiger partial charge is 0.508 e. The third kappa shape index (κ3) is 5.09. The number of piperidine rings is 1. The number of likely N-dealkylation sites (tertiary alicyclic amines) is 1. The van der Waals surface area contributed by atoms with Crippen molar-refractivity contribution < 1.29 is 19.4 Å². The Morgan fingerprint density at radius 2 is 1.68 bits per heavy atom. The van der Waals surface area contributed by atoms with Gasteiger partial charge in [-0.2, -0.15) is 0 Å². The third-order valence-corrected chi connectivity index (χ3v) is 6.74. The molecule has 174 valence electrons. The number of carbonyl (C=O) groups is 1. The minimum atomic E-state index is 0.0497. The van der Waals surface area contributed by atoms with Gasteiger partial charge in [-0.3, -0.25) is 4.79 Å². The van der Waals surface area contributed by atoms with Crippen molar-refractivity contribution in [3.63, 3.8) is 0 Å². The van der Waals surface area contributed by atoms with Crippen molar-refractivity contribution in [1.29, 1.82) is 0 Å². The van der Waals surface area contributed by atoms with Crippen LogP contribution in [0.4, 0.5) is 0 Å². The number of phenols is 1. The summed E-state index contributed by atoms with van der Waals surface area (Å²) < 4.78 is 11.1. The highest BCUT2D eigenvalue weighted by molar-refractivity contribution is 5.93. The van der Waals surface area contributed by atoms with Gasteiger partial charge in [-0.1, -0.05) is 42.5 Å². The Labute approximate surface area is 200 Å². The zero-order valence-electron chi connectivity index (χ0n) is 19.2. The van der Waals surface area contributed by atoms with Gasteiger partial charge in [0.1, 0.15) is 5.75 Å². The second kappa shape index (κ2) is 10.0. The van der Waals surface area contributed by atoms with E-state index in [1.807, 2.05) is 53.4 Å². The number of phenolic OH excluding ortho intramolecular Hbond substituents is 1. The van der Waals surface area contributed by atoms with Crippen LogP contribution in [0.25, 0.3) is 17.2 Å². The molecule has 0 bridgehead atoms. The molecule has 2 heterocycles. The molecular weight excluding hydrogens is 426 g/mol. The molecule has 3 aromatic carbocycles. The number of amides is 1. The van der Waals surface area contributed by atoms with Crippen molar-refractivity contribution in [2.75, 3.05) is 19.9 Å². The van der Waals surface area contributed by atoms with E-state index in [4.69, 9.17) is 9.47 Å². The zero-order chi connectivity index (χ0) is 23.3. The maximum atomic E-state index is 12.9. The Kier molecular flexibility index (Phi) is 6.52. The fourth-order valence-corrected chi connectivity index (χ4v) is 4.71. The highest BCUT2D eigenvalue weighted by Crippen LogP contribution is 2.39. The molecule has 3 aromatic rings. The van der Waals surface area contributed by atoms with Crippen molar-refractivity contribution >= 4 is 12.0 Å². The number of hydrogen-bond acceptors (Lipinski definition) is 4. The Hall–Kier alpha value is -3.73. The molecule has 2 aliphatic heterocycles. The number of benzene rings is 3. The highest BCUT2D eigenvalue weighted by atomic mass is 16.7. The molecule has 1 N–H and O–H groups in total. The minimum absolute atomic E-state index is 0.0497. The fraction of sp³-hybridized carbons (Fsp3) is 0.276. The van der Waals surface area contributed by atoms with Crippen LogP contribution in [-0.2, 0) is 11.2 Å². The van der Waals surface area contributed by atoms with Crippen LogP contribution < -0.4 is 9.47 Å². The zero-order valence-corrected chi connectivity index (χ0v) is 19.2. The minimum Gasteiger partial charge on any atom is -0.508 e. The van der Waals surface area contributed by atoms with Gasteiger partial charge in [0.2, 0.25) is 12.7 Å². The lowest BCUT2D eigenvalue weighted by Crippen LogP contribution is -2.37. The maximum absolute atomic E-state index is 12.9. The van der Waals surface area contributed by atoms with E-state index in [2.05, 4.69) is 12.1 Å². The molecule has 2 aliphatic rings. The van der Waals surface area contributed by atoms with Crippen molar-refractivity contribution in [3.05, 3.63) is 83.9 Å². The number of rotatable bonds is 6. The van der Waals surface area contributed by atoms with Crippen LogP contribution in [0.1, 0.15) is 30.4 Å². The van der Waals surface area contributed by atoms with Crippen LogP contribution >= 0.6 is 0 Å². The third-order valence-electron chi connectivity index (χ3n) is 6.74. The van der Waals surface area contributed by atoms with Gasteiger partial charge < -0.3 is 19.5 Å². The predicted octanol–water partition coefficient (Wildman–Crippen LogP) is 5.67. The van der Waals surface area contributed by atoms with E-state index < -0.39 is 0 Å². The van der Waals surface area contributed by atoms with E-state index in [1.54, 1.807) is 18.2 Å². The van der Waals surface area contributed by atoms with Crippen LogP contribution in [0, 0.1) is 5.92 Å². The van der Waals surface area contributed by atoms with E-state index >= 15 is 0 Å². The Morgan fingerprint density at radius 1 is 0.971 bits per heavy atom. The molecule has 0 saturated carbocycles. The molecule has 1 fully saturated rings. The van der Waals surface area contributed by atoms with Crippen molar-refractivity contribution in [2.24, 2.45) is 5.92 Å². The van der Waals surface area contributed by atoms with Gasteiger partial charge in [0.05, 0.1) is 0 Å². The number of aryl methyl sites for hydroxylation is 1. The summed E-state index contributed by atoms with van der Waals surface area (Å²) >= 11 is 0. The second-order valence-corrected chi connectivity index (χ2v) is 8.97. The first-order valence-electron chi connectivity index (χ1n) is 11.9. The van der Waals surface area contributed by atoms with Crippen LogP contribution in [0.5, 0.6) is 17.2 Å². The van der Waals surface area contributed by atoms with Crippen LogP contribution in [0.2, 0.25) is 0 Å². The molecule has 0 radical (unpaired) electrons. The molecule has 0 unspecified atom stereocenters. The number of aromatic hydroxyl groups is 1. The summed E-state index contributed by atoms with van der Waals surface area (Å²) in [5.74, 6) is 2.42. The monoisotopic (exact) mass is 455 g/mol. The smallest absolute Gasteiger partial charge is 0.246 e. The number of fused-ring (bicyclic) bond motifs is 1. The molecule has 0 aliphatic carbocycles. The van der Waals surface area contributed by atoms with Gasteiger partial charge in [-0.25, -0.2) is 0 Å². The normalized spacial score (nSPS) is 15.7. The van der Waals surface area contributed by atoms with Crippen LogP contribution in [0.15, 0.2) is 72.8 Å². The Bertz CT molecular complexity index is 1160. The number of hydrogen-bond donors (Lipinski definition) is 1. The molecular formula is C29H29NO4. The Morgan fingerprint density at radius 3 is 2.41 bits per heavy atom. The van der Waals surface area contributed by atoms with E-state index in [9.17, 15) is 9.90 Å². The summed E-state index contributed by atoms with van der Waals surface area (Å²) in [4.78, 5) is 14.9. The first-order valence-corrected chi connectivity index (χ1v) is 11.9. The lowest BCUT2D eigenvalue weighted by Gasteiger charge is -2.31.